The molecule has 2 N–H and O–H groups in total. The van der Waals surface area contributed by atoms with Gasteiger partial charge >= 0.3 is 5.97 Å². The third-order valence-corrected chi connectivity index (χ3v) is 2.14. The molecule has 0 saturated heterocycles. The van der Waals surface area contributed by atoms with Crippen LogP contribution in [0.25, 0.3) is 0 Å². The summed E-state index contributed by atoms with van der Waals surface area (Å²) < 4.78 is 9.79. The van der Waals surface area contributed by atoms with Gasteiger partial charge in [-0.15, -0.1) is 0 Å². The van der Waals surface area contributed by atoms with Gasteiger partial charge < -0.3 is 15.2 Å². The third kappa shape index (κ3) is 3.62. The maximum Gasteiger partial charge on any atom is 0.344 e. The highest BCUT2D eigenvalue weighted by molar-refractivity contribution is 5.70. The van der Waals surface area contributed by atoms with Crippen LogP contribution in [0.2, 0.25) is 0 Å². The second kappa shape index (κ2) is 6.43. The maximum atomic E-state index is 11.1. The van der Waals surface area contributed by atoms with Crippen LogP contribution < -0.4 is 5.73 Å². The molecule has 0 spiro atoms. The minimum absolute atomic E-state index is 0.0747. The number of hydrogen-bond acceptors (Lipinski definition) is 6. The van der Waals surface area contributed by atoms with Crippen molar-refractivity contribution in [3.05, 3.63) is 45.5 Å². The normalized spacial score (nSPS) is 14.8. The van der Waals surface area contributed by atoms with Crippen molar-refractivity contribution in [2.45, 2.75) is 13.3 Å². The third-order valence-electron chi connectivity index (χ3n) is 2.14. The molecule has 0 unspecified atom stereocenters. The van der Waals surface area contributed by atoms with Crippen LogP contribution in [-0.2, 0) is 14.3 Å². The summed E-state index contributed by atoms with van der Waals surface area (Å²) in [6, 6.07) is 0. The Morgan fingerprint density at radius 1 is 1.61 bits per heavy atom. The summed E-state index contributed by atoms with van der Waals surface area (Å²) in [4.78, 5) is 21.3. The lowest BCUT2D eigenvalue weighted by molar-refractivity contribution is -0.428. The molecule has 0 amide bonds. The molecular formula is C11H14N2O5. The van der Waals surface area contributed by atoms with Crippen molar-refractivity contribution in [2.24, 2.45) is 5.73 Å². The molecule has 0 atom stereocenters. The molecule has 0 saturated carbocycles. The van der Waals surface area contributed by atoms with Crippen LogP contribution in [0.5, 0.6) is 0 Å². The van der Waals surface area contributed by atoms with Gasteiger partial charge in [0, 0.05) is 0 Å². The van der Waals surface area contributed by atoms with Crippen LogP contribution in [0.1, 0.15) is 13.3 Å². The first-order chi connectivity index (χ1) is 8.56. The fraction of sp³-hybridized carbons (Fsp3) is 0.364. The van der Waals surface area contributed by atoms with Crippen molar-refractivity contribution in [1.82, 2.24) is 0 Å². The van der Waals surface area contributed by atoms with Crippen LogP contribution >= 0.6 is 0 Å². The van der Waals surface area contributed by atoms with E-state index in [0.717, 1.165) is 0 Å². The van der Waals surface area contributed by atoms with E-state index in [4.69, 9.17) is 10.5 Å². The second-order valence-corrected chi connectivity index (χ2v) is 3.37. The van der Waals surface area contributed by atoms with Crippen LogP contribution in [0.4, 0.5) is 0 Å². The molecule has 7 nitrogen and oxygen atoms in total. The average Bonchev–Trinajstić information content (AvgIpc) is 2.49. The van der Waals surface area contributed by atoms with E-state index in [1.165, 1.54) is 6.08 Å². The number of allylic oxidation sites excluding steroid dienone is 3. The lowest BCUT2D eigenvalue weighted by atomic mass is 10.2. The Labute approximate surface area is 104 Å². The Morgan fingerprint density at radius 2 is 2.33 bits per heavy atom. The van der Waals surface area contributed by atoms with Crippen molar-refractivity contribution < 1.29 is 19.2 Å². The monoisotopic (exact) mass is 254 g/mol. The molecule has 1 aliphatic carbocycles. The SMILES string of the molecule is CCOC(=O)COC1=CC=CCC([N+](=O)[O-])=C1N. The van der Waals surface area contributed by atoms with Crippen LogP contribution in [0.3, 0.4) is 0 Å². The zero-order valence-corrected chi connectivity index (χ0v) is 9.92. The summed E-state index contributed by atoms with van der Waals surface area (Å²) in [5.41, 5.74) is 5.41. The Bertz CT molecular complexity index is 437. The Morgan fingerprint density at radius 3 is 2.94 bits per heavy atom. The number of esters is 1. The molecule has 0 aliphatic heterocycles. The Kier molecular flexibility index (Phi) is 4.91. The minimum Gasteiger partial charge on any atom is -0.479 e. The van der Waals surface area contributed by atoms with Crippen molar-refractivity contribution in [3.63, 3.8) is 0 Å². The van der Waals surface area contributed by atoms with Crippen molar-refractivity contribution in [2.75, 3.05) is 13.2 Å². The van der Waals surface area contributed by atoms with Crippen LogP contribution in [0, 0.1) is 10.1 Å². The first kappa shape index (κ1) is 13.8. The molecule has 18 heavy (non-hydrogen) atoms. The van der Waals surface area contributed by atoms with Gasteiger partial charge in [0.25, 0.3) is 5.70 Å². The van der Waals surface area contributed by atoms with Gasteiger partial charge in [0.15, 0.2) is 6.61 Å². The van der Waals surface area contributed by atoms with E-state index in [9.17, 15) is 14.9 Å². The number of carbonyl (C=O) groups excluding carboxylic acids is 1. The highest BCUT2D eigenvalue weighted by Crippen LogP contribution is 2.18. The van der Waals surface area contributed by atoms with E-state index < -0.39 is 10.9 Å². The first-order valence-electron chi connectivity index (χ1n) is 5.34. The Hall–Kier alpha value is -2.31. The topological polar surface area (TPSA) is 105 Å². The lowest BCUT2D eigenvalue weighted by Gasteiger charge is -2.09. The molecule has 0 aromatic rings. The first-order valence-corrected chi connectivity index (χ1v) is 5.34. The second-order valence-electron chi connectivity index (χ2n) is 3.37. The molecule has 1 rings (SSSR count). The largest absolute Gasteiger partial charge is 0.479 e. The molecule has 0 fully saturated rings. The van der Waals surface area contributed by atoms with E-state index in [1.54, 1.807) is 19.1 Å². The number of hydrogen-bond donors (Lipinski definition) is 1. The fourth-order valence-electron chi connectivity index (χ4n) is 1.32. The zero-order valence-electron chi connectivity index (χ0n) is 9.92. The highest BCUT2D eigenvalue weighted by atomic mass is 16.6. The van der Waals surface area contributed by atoms with E-state index >= 15 is 0 Å². The van der Waals surface area contributed by atoms with Gasteiger partial charge in [-0.3, -0.25) is 10.1 Å². The standard InChI is InChI=1S/C11H14N2O5/c1-2-17-10(14)7-18-9-6-4-3-5-8(11(9)12)13(15)16/h3-4,6H,2,5,7,12H2,1H3. The molecule has 0 aromatic heterocycles. The van der Waals surface area contributed by atoms with E-state index in [0.29, 0.717) is 0 Å². The van der Waals surface area contributed by atoms with Gasteiger partial charge in [0.05, 0.1) is 18.0 Å². The van der Waals surface area contributed by atoms with Gasteiger partial charge in [-0.05, 0) is 13.0 Å². The van der Waals surface area contributed by atoms with Gasteiger partial charge in [-0.1, -0.05) is 12.2 Å². The summed E-state index contributed by atoms with van der Waals surface area (Å²) in [7, 11) is 0. The number of rotatable bonds is 5. The molecule has 1 aliphatic rings. The smallest absolute Gasteiger partial charge is 0.344 e. The van der Waals surface area contributed by atoms with Gasteiger partial charge in [0.1, 0.15) is 11.5 Å². The summed E-state index contributed by atoms with van der Waals surface area (Å²) in [6.07, 6.45) is 4.77. The van der Waals surface area contributed by atoms with E-state index in [-0.39, 0.29) is 36.8 Å². The molecule has 0 heterocycles. The minimum atomic E-state index is -0.563. The fourth-order valence-corrected chi connectivity index (χ4v) is 1.32. The summed E-state index contributed by atoms with van der Waals surface area (Å²) in [5.74, 6) is -0.453. The summed E-state index contributed by atoms with van der Waals surface area (Å²) >= 11 is 0. The molecule has 98 valence electrons. The predicted molar refractivity (Wildman–Crippen MR) is 62.6 cm³/mol. The maximum absolute atomic E-state index is 11.1. The molecular weight excluding hydrogens is 240 g/mol. The average molecular weight is 254 g/mol. The molecule has 0 aromatic carbocycles. The summed E-state index contributed by atoms with van der Waals surface area (Å²) in [6.45, 7) is 1.58. The zero-order chi connectivity index (χ0) is 13.5. The quantitative estimate of drug-likeness (QED) is 0.443. The van der Waals surface area contributed by atoms with Crippen LogP contribution in [-0.4, -0.2) is 24.1 Å². The van der Waals surface area contributed by atoms with Crippen LogP contribution in [0.15, 0.2) is 35.4 Å². The number of nitrogens with two attached hydrogens (primary N) is 1. The van der Waals surface area contributed by atoms with Gasteiger partial charge in [0.2, 0.25) is 0 Å². The number of nitro groups is 1. The van der Waals surface area contributed by atoms with E-state index in [1.807, 2.05) is 0 Å². The van der Waals surface area contributed by atoms with Crippen molar-refractivity contribution >= 4 is 5.97 Å². The van der Waals surface area contributed by atoms with E-state index in [2.05, 4.69) is 4.74 Å². The van der Waals surface area contributed by atoms with Gasteiger partial charge in [-0.25, -0.2) is 4.79 Å². The van der Waals surface area contributed by atoms with Crippen molar-refractivity contribution in [3.8, 4) is 0 Å². The Balaban J connectivity index is 2.77. The van der Waals surface area contributed by atoms with Crippen molar-refractivity contribution in [1.29, 1.82) is 0 Å². The highest BCUT2D eigenvalue weighted by Gasteiger charge is 2.21. The molecule has 7 heteroatoms. The lowest BCUT2D eigenvalue weighted by Crippen LogP contribution is -2.17. The summed E-state index contributed by atoms with van der Waals surface area (Å²) in [5, 5.41) is 10.8. The number of nitrogens with zero attached hydrogens (tertiary/aromatic N) is 1. The molecule has 0 bridgehead atoms. The number of ether oxygens (including phenoxy) is 2. The number of carbonyl (C=O) groups is 1. The predicted octanol–water partition coefficient (Wildman–Crippen LogP) is 0.857. The van der Waals surface area contributed by atoms with Gasteiger partial charge in [-0.2, -0.15) is 0 Å². The molecule has 0 radical (unpaired) electrons.